The number of ether oxygens (including phenoxy) is 2. The SMILES string of the molecule is COc1cc(O)c(C(=O)C=Cc2ccccc2C(C)C)c(OC)c1. The Balaban J connectivity index is 2.37. The van der Waals surface area contributed by atoms with Crippen LogP contribution < -0.4 is 9.47 Å². The summed E-state index contributed by atoms with van der Waals surface area (Å²) in [6.45, 7) is 4.21. The normalized spacial score (nSPS) is 11.0. The molecule has 2 aromatic carbocycles. The second-order valence-electron chi connectivity index (χ2n) is 5.70. The lowest BCUT2D eigenvalue weighted by Crippen LogP contribution is -2.01. The smallest absolute Gasteiger partial charge is 0.193 e. The zero-order valence-corrected chi connectivity index (χ0v) is 14.4. The van der Waals surface area contributed by atoms with Gasteiger partial charge in [0.15, 0.2) is 5.78 Å². The van der Waals surface area contributed by atoms with E-state index in [1.54, 1.807) is 12.1 Å². The summed E-state index contributed by atoms with van der Waals surface area (Å²) in [6, 6.07) is 10.9. The van der Waals surface area contributed by atoms with Crippen molar-refractivity contribution >= 4 is 11.9 Å². The molecule has 1 N–H and O–H groups in total. The fourth-order valence-corrected chi connectivity index (χ4v) is 2.54. The number of aromatic hydroxyl groups is 1. The molecule has 0 spiro atoms. The first-order chi connectivity index (χ1) is 11.5. The van der Waals surface area contributed by atoms with Crippen molar-refractivity contribution in [2.45, 2.75) is 19.8 Å². The van der Waals surface area contributed by atoms with Crippen LogP contribution in [0.1, 0.15) is 41.3 Å². The van der Waals surface area contributed by atoms with Crippen LogP contribution in [0.2, 0.25) is 0 Å². The van der Waals surface area contributed by atoms with Crippen molar-refractivity contribution in [3.05, 3.63) is 59.2 Å². The Morgan fingerprint density at radius 2 is 1.83 bits per heavy atom. The lowest BCUT2D eigenvalue weighted by Gasteiger charge is -2.11. The van der Waals surface area contributed by atoms with Gasteiger partial charge in [-0.05, 0) is 23.1 Å². The molecule has 0 radical (unpaired) electrons. The van der Waals surface area contributed by atoms with Crippen molar-refractivity contribution in [2.75, 3.05) is 14.2 Å². The summed E-state index contributed by atoms with van der Waals surface area (Å²) < 4.78 is 10.3. The Kier molecular flexibility index (Phi) is 5.64. The highest BCUT2D eigenvalue weighted by Gasteiger charge is 2.17. The van der Waals surface area contributed by atoms with E-state index in [0.717, 1.165) is 11.1 Å². The molecule has 0 atom stereocenters. The fourth-order valence-electron chi connectivity index (χ4n) is 2.54. The van der Waals surface area contributed by atoms with Gasteiger partial charge in [-0.25, -0.2) is 0 Å². The molecule has 0 aliphatic carbocycles. The van der Waals surface area contributed by atoms with E-state index in [4.69, 9.17) is 9.47 Å². The number of rotatable bonds is 6. The number of allylic oxidation sites excluding steroid dienone is 1. The molecule has 0 bridgehead atoms. The van der Waals surface area contributed by atoms with Gasteiger partial charge in [-0.2, -0.15) is 0 Å². The van der Waals surface area contributed by atoms with Crippen LogP contribution in [0.4, 0.5) is 0 Å². The van der Waals surface area contributed by atoms with Gasteiger partial charge in [0.2, 0.25) is 0 Å². The van der Waals surface area contributed by atoms with Crippen molar-refractivity contribution in [2.24, 2.45) is 0 Å². The quantitative estimate of drug-likeness (QED) is 0.630. The molecule has 0 saturated heterocycles. The molecule has 0 unspecified atom stereocenters. The summed E-state index contributed by atoms with van der Waals surface area (Å²) in [5.74, 6) is 0.558. The molecular formula is C20H22O4. The van der Waals surface area contributed by atoms with Gasteiger partial charge in [-0.15, -0.1) is 0 Å². The molecule has 2 aromatic rings. The minimum atomic E-state index is -0.328. The Morgan fingerprint density at radius 1 is 1.12 bits per heavy atom. The van der Waals surface area contributed by atoms with Crippen molar-refractivity contribution in [1.29, 1.82) is 0 Å². The molecule has 2 rings (SSSR count). The first-order valence-electron chi connectivity index (χ1n) is 7.74. The maximum absolute atomic E-state index is 12.5. The summed E-state index contributed by atoms with van der Waals surface area (Å²) in [5.41, 5.74) is 2.26. The standard InChI is InChI=1S/C20H22O4/c1-13(2)16-8-6-5-7-14(16)9-10-17(21)20-18(22)11-15(23-3)12-19(20)24-4/h5-13,22H,1-4H3. The van der Waals surface area contributed by atoms with E-state index in [2.05, 4.69) is 13.8 Å². The van der Waals surface area contributed by atoms with Crippen LogP contribution in [0.15, 0.2) is 42.5 Å². The Bertz CT molecular complexity index is 760. The molecule has 0 amide bonds. The summed E-state index contributed by atoms with van der Waals surface area (Å²) in [6.07, 6.45) is 3.21. The minimum Gasteiger partial charge on any atom is -0.507 e. The topological polar surface area (TPSA) is 55.8 Å². The van der Waals surface area contributed by atoms with Gasteiger partial charge in [0.25, 0.3) is 0 Å². The highest BCUT2D eigenvalue weighted by molar-refractivity contribution is 6.10. The largest absolute Gasteiger partial charge is 0.507 e. The van der Waals surface area contributed by atoms with Crippen LogP contribution >= 0.6 is 0 Å². The fraction of sp³-hybridized carbons (Fsp3) is 0.250. The number of carbonyl (C=O) groups is 1. The van der Waals surface area contributed by atoms with Gasteiger partial charge in [0, 0.05) is 12.1 Å². The van der Waals surface area contributed by atoms with Gasteiger partial charge < -0.3 is 14.6 Å². The highest BCUT2D eigenvalue weighted by atomic mass is 16.5. The van der Waals surface area contributed by atoms with E-state index in [-0.39, 0.29) is 22.8 Å². The van der Waals surface area contributed by atoms with Crippen LogP contribution in [-0.2, 0) is 0 Å². The first-order valence-corrected chi connectivity index (χ1v) is 7.74. The Morgan fingerprint density at radius 3 is 2.46 bits per heavy atom. The van der Waals surface area contributed by atoms with Crippen LogP contribution in [0.25, 0.3) is 6.08 Å². The molecule has 24 heavy (non-hydrogen) atoms. The monoisotopic (exact) mass is 326 g/mol. The van der Waals surface area contributed by atoms with Gasteiger partial charge in [0.05, 0.1) is 14.2 Å². The predicted octanol–water partition coefficient (Wildman–Crippen LogP) is 4.43. The highest BCUT2D eigenvalue weighted by Crippen LogP contribution is 2.34. The minimum absolute atomic E-state index is 0.122. The maximum atomic E-state index is 12.5. The van der Waals surface area contributed by atoms with Crippen molar-refractivity contribution in [3.8, 4) is 17.2 Å². The second-order valence-corrected chi connectivity index (χ2v) is 5.70. The zero-order chi connectivity index (χ0) is 17.7. The molecule has 0 aliphatic heterocycles. The van der Waals surface area contributed by atoms with E-state index >= 15 is 0 Å². The number of phenols is 1. The molecule has 0 heterocycles. The third-order valence-corrected chi connectivity index (χ3v) is 3.79. The van der Waals surface area contributed by atoms with Crippen LogP contribution in [0.3, 0.4) is 0 Å². The molecule has 4 nitrogen and oxygen atoms in total. The number of hydrogen-bond donors (Lipinski definition) is 1. The number of carbonyl (C=O) groups excluding carboxylic acids is 1. The average Bonchev–Trinajstić information content (AvgIpc) is 2.58. The summed E-state index contributed by atoms with van der Waals surface area (Å²) in [4.78, 5) is 12.5. The third kappa shape index (κ3) is 3.77. The number of benzene rings is 2. The first kappa shape index (κ1) is 17.6. The van der Waals surface area contributed by atoms with Crippen molar-refractivity contribution in [3.63, 3.8) is 0 Å². The van der Waals surface area contributed by atoms with Crippen LogP contribution in [0.5, 0.6) is 17.2 Å². The van der Waals surface area contributed by atoms with Crippen LogP contribution in [-0.4, -0.2) is 25.1 Å². The third-order valence-electron chi connectivity index (χ3n) is 3.79. The molecule has 4 heteroatoms. The van der Waals surface area contributed by atoms with E-state index in [0.29, 0.717) is 11.7 Å². The number of hydrogen-bond acceptors (Lipinski definition) is 4. The lowest BCUT2D eigenvalue weighted by atomic mass is 9.96. The molecular weight excluding hydrogens is 304 g/mol. The second kappa shape index (κ2) is 7.68. The van der Waals surface area contributed by atoms with Crippen molar-refractivity contribution < 1.29 is 19.4 Å². The summed E-state index contributed by atoms with van der Waals surface area (Å²) in [5, 5.41) is 10.1. The van der Waals surface area contributed by atoms with Crippen LogP contribution in [0, 0.1) is 0 Å². The number of phenolic OH excluding ortho intramolecular Hbond substituents is 1. The van der Waals surface area contributed by atoms with E-state index < -0.39 is 0 Å². The number of methoxy groups -OCH3 is 2. The molecule has 0 aliphatic rings. The molecule has 126 valence electrons. The van der Waals surface area contributed by atoms with E-state index in [9.17, 15) is 9.90 Å². The molecule has 0 aromatic heterocycles. The van der Waals surface area contributed by atoms with Crippen molar-refractivity contribution in [1.82, 2.24) is 0 Å². The van der Waals surface area contributed by atoms with Gasteiger partial charge >= 0.3 is 0 Å². The summed E-state index contributed by atoms with van der Waals surface area (Å²) >= 11 is 0. The predicted molar refractivity (Wildman–Crippen MR) is 95.1 cm³/mol. The van der Waals surface area contributed by atoms with E-state index in [1.165, 1.54) is 26.4 Å². The molecule has 0 fully saturated rings. The Labute approximate surface area is 142 Å². The van der Waals surface area contributed by atoms with Gasteiger partial charge in [0.1, 0.15) is 22.8 Å². The lowest BCUT2D eigenvalue weighted by molar-refractivity contribution is 0.104. The zero-order valence-electron chi connectivity index (χ0n) is 14.4. The van der Waals surface area contributed by atoms with Gasteiger partial charge in [-0.1, -0.05) is 44.2 Å². The van der Waals surface area contributed by atoms with E-state index in [1.807, 2.05) is 24.3 Å². The summed E-state index contributed by atoms with van der Waals surface area (Å²) in [7, 11) is 2.93. The van der Waals surface area contributed by atoms with Gasteiger partial charge in [-0.3, -0.25) is 4.79 Å². The maximum Gasteiger partial charge on any atom is 0.193 e. The molecule has 0 saturated carbocycles. The average molecular weight is 326 g/mol. The Hall–Kier alpha value is -2.75. The number of ketones is 1.